The summed E-state index contributed by atoms with van der Waals surface area (Å²) >= 11 is 0. The Kier molecular flexibility index (Phi) is 43.8. The Hall–Kier alpha value is -1.01. The Bertz CT molecular complexity index is 1250. The van der Waals surface area contributed by atoms with Gasteiger partial charge in [0, 0.05) is 6.42 Å². The van der Waals surface area contributed by atoms with Crippen LogP contribution in [0.3, 0.4) is 0 Å². The van der Waals surface area contributed by atoms with Gasteiger partial charge < -0.3 is 65.1 Å². The van der Waals surface area contributed by atoms with E-state index in [0.717, 1.165) is 51.4 Å². The molecule has 2 fully saturated rings. The molecule has 12 unspecified atom stereocenters. The summed E-state index contributed by atoms with van der Waals surface area (Å²) in [7, 11) is 0. The Morgan fingerprint density at radius 3 is 1.15 bits per heavy atom. The summed E-state index contributed by atoms with van der Waals surface area (Å²) in [5, 5.41) is 87.1. The van der Waals surface area contributed by atoms with Crippen LogP contribution in [0.2, 0.25) is 0 Å². The smallest absolute Gasteiger partial charge is 0.220 e. The summed E-state index contributed by atoms with van der Waals surface area (Å²) in [4.78, 5) is 13.2. The normalized spacial score (nSPS) is 25.1. The van der Waals surface area contributed by atoms with Gasteiger partial charge in [-0.25, -0.2) is 0 Å². The van der Waals surface area contributed by atoms with Crippen molar-refractivity contribution in [1.29, 1.82) is 0 Å². The first-order chi connectivity index (χ1) is 36.1. The van der Waals surface area contributed by atoms with Crippen molar-refractivity contribution in [3.05, 3.63) is 0 Å². The fourth-order valence-corrected chi connectivity index (χ4v) is 10.8. The molecular formula is C60H117NO13. The van der Waals surface area contributed by atoms with Crippen molar-refractivity contribution in [2.24, 2.45) is 0 Å². The lowest BCUT2D eigenvalue weighted by Gasteiger charge is -2.46. The van der Waals surface area contributed by atoms with Crippen molar-refractivity contribution >= 4 is 5.91 Å². The maximum atomic E-state index is 13.2. The average molecular weight is 1060 g/mol. The molecular weight excluding hydrogens is 943 g/mol. The molecule has 0 spiro atoms. The first kappa shape index (κ1) is 69.1. The maximum Gasteiger partial charge on any atom is 0.220 e. The van der Waals surface area contributed by atoms with E-state index in [1.54, 1.807) is 0 Å². The number of ether oxygens (including phenoxy) is 4. The van der Waals surface area contributed by atoms with E-state index < -0.39 is 86.8 Å². The van der Waals surface area contributed by atoms with Gasteiger partial charge in [-0.2, -0.15) is 0 Å². The molecule has 2 aliphatic heterocycles. The molecule has 0 aromatic heterocycles. The van der Waals surface area contributed by atoms with E-state index in [9.17, 15) is 45.6 Å². The van der Waals surface area contributed by atoms with Crippen LogP contribution in [0.1, 0.15) is 284 Å². The van der Waals surface area contributed by atoms with Gasteiger partial charge in [-0.05, 0) is 12.8 Å². The Labute approximate surface area is 451 Å². The largest absolute Gasteiger partial charge is 0.394 e. The second kappa shape index (κ2) is 46.9. The van der Waals surface area contributed by atoms with Crippen molar-refractivity contribution in [1.82, 2.24) is 5.32 Å². The monoisotopic (exact) mass is 1060 g/mol. The van der Waals surface area contributed by atoms with E-state index in [0.29, 0.717) is 12.8 Å². The van der Waals surface area contributed by atoms with Crippen LogP contribution in [-0.2, 0) is 23.7 Å². The molecule has 14 heteroatoms. The predicted molar refractivity (Wildman–Crippen MR) is 296 cm³/mol. The molecule has 0 aromatic carbocycles. The highest BCUT2D eigenvalue weighted by Gasteiger charge is 2.51. The number of nitrogens with one attached hydrogen (secondary N) is 1. The molecule has 14 nitrogen and oxygen atoms in total. The third-order valence-corrected chi connectivity index (χ3v) is 15.8. The summed E-state index contributed by atoms with van der Waals surface area (Å²) in [5.74, 6) is -0.206. The number of aliphatic hydroxyl groups is 8. The number of carbonyl (C=O) groups is 1. The molecule has 0 bridgehead atoms. The fourth-order valence-electron chi connectivity index (χ4n) is 10.8. The molecule has 0 radical (unpaired) electrons. The maximum absolute atomic E-state index is 13.2. The first-order valence-corrected chi connectivity index (χ1v) is 31.3. The van der Waals surface area contributed by atoms with Gasteiger partial charge in [0.05, 0.1) is 32.0 Å². The summed E-state index contributed by atoms with van der Waals surface area (Å²) in [6.45, 7) is 2.86. The molecule has 0 aliphatic carbocycles. The van der Waals surface area contributed by atoms with Crippen LogP contribution in [0.4, 0.5) is 0 Å². The molecule has 0 aromatic rings. The lowest BCUT2D eigenvalue weighted by molar-refractivity contribution is -0.359. The Morgan fingerprint density at radius 1 is 0.432 bits per heavy atom. The quantitative estimate of drug-likeness (QED) is 0.0259. The standard InChI is InChI=1S/C60H117NO13/c1-3-5-7-9-11-13-14-15-16-17-18-19-20-21-22-23-24-25-26-27-28-29-30-31-32-33-34-36-37-39-41-43-49(64)48(61-52(65)44-42-40-38-35-12-10-8-6-4-2)47-71-59-57(70)55(68)58(51(46-63)73-59)74-60-56(69)54(67)53(66)50(45-62)72-60/h48-51,53-60,62-64,66-70H,3-47H2,1-2H3,(H,61,65). The van der Waals surface area contributed by atoms with Gasteiger partial charge in [0.25, 0.3) is 0 Å². The minimum absolute atomic E-state index is 0.206. The summed E-state index contributed by atoms with van der Waals surface area (Å²) in [5.41, 5.74) is 0. The Morgan fingerprint density at radius 2 is 0.770 bits per heavy atom. The number of hydrogen-bond donors (Lipinski definition) is 9. The zero-order valence-corrected chi connectivity index (χ0v) is 47.4. The third-order valence-electron chi connectivity index (χ3n) is 15.8. The molecule has 440 valence electrons. The molecule has 9 N–H and O–H groups in total. The van der Waals surface area contributed by atoms with Crippen molar-refractivity contribution in [3.8, 4) is 0 Å². The third kappa shape index (κ3) is 32.2. The topological polar surface area (TPSA) is 228 Å². The highest BCUT2D eigenvalue weighted by Crippen LogP contribution is 2.30. The fraction of sp³-hybridized carbons (Fsp3) is 0.983. The SMILES string of the molecule is CCCCCCCCCCCCCCCCCCCCCCCCCCCCCCCCCC(O)C(COC1OC(CO)C(OC2OC(CO)C(O)C(O)C2O)C(O)C1O)NC(=O)CCCCCCCCCCC. The minimum Gasteiger partial charge on any atom is -0.394 e. The molecule has 2 aliphatic rings. The van der Waals surface area contributed by atoms with Crippen LogP contribution in [0.5, 0.6) is 0 Å². The summed E-state index contributed by atoms with van der Waals surface area (Å²) < 4.78 is 22.8. The van der Waals surface area contributed by atoms with Gasteiger partial charge in [-0.3, -0.25) is 4.79 Å². The number of unbranched alkanes of at least 4 members (excludes halogenated alkanes) is 38. The summed E-state index contributed by atoms with van der Waals surface area (Å²) in [6.07, 6.45) is 35.8. The first-order valence-electron chi connectivity index (χ1n) is 31.3. The van der Waals surface area contributed by atoms with Gasteiger partial charge >= 0.3 is 0 Å². The summed E-state index contributed by atoms with van der Waals surface area (Å²) in [6, 6.07) is -0.821. The molecule has 12 atom stereocenters. The van der Waals surface area contributed by atoms with Crippen LogP contribution in [0.15, 0.2) is 0 Å². The van der Waals surface area contributed by atoms with Crippen LogP contribution in [-0.4, -0.2) is 140 Å². The molecule has 2 saturated heterocycles. The number of aliphatic hydroxyl groups excluding tert-OH is 8. The van der Waals surface area contributed by atoms with Gasteiger partial charge in [0.15, 0.2) is 12.6 Å². The molecule has 2 rings (SSSR count). The van der Waals surface area contributed by atoms with E-state index in [1.807, 2.05) is 0 Å². The van der Waals surface area contributed by atoms with Gasteiger partial charge in [0.2, 0.25) is 5.91 Å². The highest BCUT2D eigenvalue weighted by molar-refractivity contribution is 5.76. The van der Waals surface area contributed by atoms with Gasteiger partial charge in [-0.15, -0.1) is 0 Å². The van der Waals surface area contributed by atoms with Crippen molar-refractivity contribution in [2.45, 2.75) is 357 Å². The van der Waals surface area contributed by atoms with E-state index in [1.165, 1.54) is 205 Å². The Balaban J connectivity index is 1.60. The van der Waals surface area contributed by atoms with Crippen molar-refractivity contribution in [2.75, 3.05) is 19.8 Å². The second-order valence-electron chi connectivity index (χ2n) is 22.6. The highest BCUT2D eigenvalue weighted by atomic mass is 16.7. The van der Waals surface area contributed by atoms with Crippen LogP contribution in [0.25, 0.3) is 0 Å². The number of hydrogen-bond acceptors (Lipinski definition) is 13. The van der Waals surface area contributed by atoms with E-state index in [-0.39, 0.29) is 12.5 Å². The van der Waals surface area contributed by atoms with Gasteiger partial charge in [-0.1, -0.05) is 264 Å². The van der Waals surface area contributed by atoms with E-state index in [4.69, 9.17) is 18.9 Å². The minimum atomic E-state index is -1.78. The number of amides is 1. The number of rotatable bonds is 51. The van der Waals surface area contributed by atoms with Crippen LogP contribution >= 0.6 is 0 Å². The van der Waals surface area contributed by atoms with E-state index in [2.05, 4.69) is 19.2 Å². The van der Waals surface area contributed by atoms with Gasteiger partial charge in [0.1, 0.15) is 48.8 Å². The molecule has 1 amide bonds. The molecule has 0 saturated carbocycles. The van der Waals surface area contributed by atoms with Crippen molar-refractivity contribution < 1.29 is 64.6 Å². The average Bonchev–Trinajstić information content (AvgIpc) is 3.40. The lowest BCUT2D eigenvalue weighted by Crippen LogP contribution is -2.65. The zero-order chi connectivity index (χ0) is 53.9. The number of carbonyl (C=O) groups excluding carboxylic acids is 1. The lowest BCUT2D eigenvalue weighted by atomic mass is 9.97. The van der Waals surface area contributed by atoms with Crippen molar-refractivity contribution in [3.63, 3.8) is 0 Å². The second-order valence-corrected chi connectivity index (χ2v) is 22.6. The predicted octanol–water partition coefficient (Wildman–Crippen LogP) is 10.9. The van der Waals surface area contributed by atoms with Crippen LogP contribution in [0, 0.1) is 0 Å². The van der Waals surface area contributed by atoms with E-state index >= 15 is 0 Å². The molecule has 2 heterocycles. The van der Waals surface area contributed by atoms with Crippen LogP contribution < -0.4 is 5.32 Å². The zero-order valence-electron chi connectivity index (χ0n) is 47.4. The molecule has 74 heavy (non-hydrogen) atoms.